The van der Waals surface area contributed by atoms with Crippen LogP contribution in [-0.2, 0) is 0 Å². The lowest BCUT2D eigenvalue weighted by Gasteiger charge is -2.05. The van der Waals surface area contributed by atoms with Gasteiger partial charge in [0.15, 0.2) is 5.82 Å². The van der Waals surface area contributed by atoms with Crippen LogP contribution in [0.25, 0.3) is 5.69 Å². The number of rotatable bonds is 2. The number of carboxylic acid groups (broad SMARTS) is 1. The number of hydrogen-bond acceptors (Lipinski definition) is 2. The maximum absolute atomic E-state index is 13.5. The second-order valence-corrected chi connectivity index (χ2v) is 3.46. The third kappa shape index (κ3) is 1.89. The molecule has 1 heterocycles. The van der Waals surface area contributed by atoms with Crippen LogP contribution in [0.1, 0.15) is 16.1 Å². The molecular formula is C11H8F2N2O2. The predicted octanol–water partition coefficient (Wildman–Crippen LogP) is 2.16. The molecule has 0 aliphatic heterocycles. The van der Waals surface area contributed by atoms with Gasteiger partial charge in [0.2, 0.25) is 0 Å². The van der Waals surface area contributed by atoms with Gasteiger partial charge in [-0.2, -0.15) is 5.10 Å². The second-order valence-electron chi connectivity index (χ2n) is 3.46. The van der Waals surface area contributed by atoms with Gasteiger partial charge in [-0.05, 0) is 19.1 Å². The van der Waals surface area contributed by atoms with Gasteiger partial charge in [0.25, 0.3) is 0 Å². The highest BCUT2D eigenvalue weighted by atomic mass is 19.1. The molecule has 1 N–H and O–H groups in total. The normalized spacial score (nSPS) is 10.5. The van der Waals surface area contributed by atoms with E-state index in [1.807, 2.05) is 0 Å². The van der Waals surface area contributed by atoms with Crippen LogP contribution in [0.4, 0.5) is 8.78 Å². The smallest absolute Gasteiger partial charge is 0.339 e. The van der Waals surface area contributed by atoms with E-state index in [1.165, 1.54) is 13.0 Å². The molecule has 0 aliphatic rings. The molecule has 0 spiro atoms. The average molecular weight is 238 g/mol. The molecule has 88 valence electrons. The van der Waals surface area contributed by atoms with Crippen LogP contribution in [-0.4, -0.2) is 20.9 Å². The number of nitrogens with zero attached hydrogens (tertiary/aromatic N) is 2. The Hall–Kier alpha value is -2.24. The Morgan fingerprint density at radius 3 is 2.65 bits per heavy atom. The number of aromatic carboxylic acids is 1. The first-order chi connectivity index (χ1) is 8.00. The van der Waals surface area contributed by atoms with E-state index < -0.39 is 17.6 Å². The van der Waals surface area contributed by atoms with Gasteiger partial charge < -0.3 is 5.11 Å². The Morgan fingerprint density at radius 1 is 1.41 bits per heavy atom. The molecule has 17 heavy (non-hydrogen) atoms. The minimum absolute atomic E-state index is 0.0106. The standard InChI is InChI=1S/C11H8F2N2O2/c1-6-8(11(16)17)5-14-15(6)10-3-2-7(12)4-9(10)13/h2-5H,1H3,(H,16,17). The predicted molar refractivity (Wildman–Crippen MR) is 55.2 cm³/mol. The molecule has 0 atom stereocenters. The minimum Gasteiger partial charge on any atom is -0.478 e. The van der Waals surface area contributed by atoms with Gasteiger partial charge in [0.1, 0.15) is 17.1 Å². The summed E-state index contributed by atoms with van der Waals surface area (Å²) in [4.78, 5) is 10.8. The summed E-state index contributed by atoms with van der Waals surface area (Å²) in [5, 5.41) is 12.6. The van der Waals surface area contributed by atoms with E-state index in [0.29, 0.717) is 0 Å². The quantitative estimate of drug-likeness (QED) is 0.872. The number of benzene rings is 1. The molecule has 0 saturated heterocycles. The van der Waals surface area contributed by atoms with Gasteiger partial charge in [-0.25, -0.2) is 18.3 Å². The van der Waals surface area contributed by atoms with Crippen LogP contribution in [0.3, 0.4) is 0 Å². The molecule has 0 fully saturated rings. The summed E-state index contributed by atoms with van der Waals surface area (Å²) >= 11 is 0. The van der Waals surface area contributed by atoms with Crippen molar-refractivity contribution in [1.29, 1.82) is 0 Å². The lowest BCUT2D eigenvalue weighted by atomic mass is 10.2. The molecule has 2 aromatic rings. The van der Waals surface area contributed by atoms with Crippen LogP contribution in [0.5, 0.6) is 0 Å². The molecule has 0 bridgehead atoms. The van der Waals surface area contributed by atoms with Crippen molar-refractivity contribution in [3.63, 3.8) is 0 Å². The summed E-state index contributed by atoms with van der Waals surface area (Å²) < 4.78 is 27.3. The highest BCUT2D eigenvalue weighted by molar-refractivity contribution is 5.88. The van der Waals surface area contributed by atoms with E-state index in [1.54, 1.807) is 0 Å². The van der Waals surface area contributed by atoms with E-state index in [2.05, 4.69) is 5.10 Å². The van der Waals surface area contributed by atoms with Crippen molar-refractivity contribution in [3.8, 4) is 5.69 Å². The van der Waals surface area contributed by atoms with Gasteiger partial charge in [-0.3, -0.25) is 0 Å². The summed E-state index contributed by atoms with van der Waals surface area (Å²) in [6, 6.07) is 3.01. The summed E-state index contributed by atoms with van der Waals surface area (Å²) in [7, 11) is 0. The van der Waals surface area contributed by atoms with Crippen molar-refractivity contribution in [1.82, 2.24) is 9.78 Å². The summed E-state index contributed by atoms with van der Waals surface area (Å²) in [6.45, 7) is 1.50. The van der Waals surface area contributed by atoms with Gasteiger partial charge >= 0.3 is 5.97 Å². The monoisotopic (exact) mass is 238 g/mol. The number of aromatic nitrogens is 2. The zero-order chi connectivity index (χ0) is 12.6. The lowest BCUT2D eigenvalue weighted by Crippen LogP contribution is -2.04. The first-order valence-corrected chi connectivity index (χ1v) is 4.74. The van der Waals surface area contributed by atoms with Gasteiger partial charge in [0.05, 0.1) is 11.9 Å². The van der Waals surface area contributed by atoms with E-state index in [9.17, 15) is 13.6 Å². The zero-order valence-electron chi connectivity index (χ0n) is 8.82. The lowest BCUT2D eigenvalue weighted by molar-refractivity contribution is 0.0696. The van der Waals surface area contributed by atoms with Crippen molar-refractivity contribution in [2.24, 2.45) is 0 Å². The van der Waals surface area contributed by atoms with Crippen LogP contribution < -0.4 is 0 Å². The maximum atomic E-state index is 13.5. The first-order valence-electron chi connectivity index (χ1n) is 4.74. The molecule has 0 saturated carbocycles. The maximum Gasteiger partial charge on any atom is 0.339 e. The third-order valence-corrected chi connectivity index (χ3v) is 2.38. The van der Waals surface area contributed by atoms with Crippen molar-refractivity contribution in [3.05, 3.63) is 47.3 Å². The fourth-order valence-electron chi connectivity index (χ4n) is 1.52. The largest absolute Gasteiger partial charge is 0.478 e. The molecular weight excluding hydrogens is 230 g/mol. The molecule has 4 nitrogen and oxygen atoms in total. The van der Waals surface area contributed by atoms with E-state index in [4.69, 9.17) is 5.11 Å². The van der Waals surface area contributed by atoms with Crippen LogP contribution in [0.2, 0.25) is 0 Å². The van der Waals surface area contributed by atoms with Crippen molar-refractivity contribution < 1.29 is 18.7 Å². The Morgan fingerprint density at radius 2 is 2.12 bits per heavy atom. The molecule has 2 rings (SSSR count). The highest BCUT2D eigenvalue weighted by Crippen LogP contribution is 2.18. The first kappa shape index (κ1) is 11.3. The van der Waals surface area contributed by atoms with Gasteiger partial charge in [-0.15, -0.1) is 0 Å². The Bertz CT molecular complexity index is 593. The molecule has 1 aromatic heterocycles. The fraction of sp³-hybridized carbons (Fsp3) is 0.0909. The topological polar surface area (TPSA) is 55.1 Å². The SMILES string of the molecule is Cc1c(C(=O)O)cnn1-c1ccc(F)cc1F. The van der Waals surface area contributed by atoms with Crippen LogP contribution in [0, 0.1) is 18.6 Å². The van der Waals surface area contributed by atoms with Crippen molar-refractivity contribution in [2.75, 3.05) is 0 Å². The molecule has 0 unspecified atom stereocenters. The van der Waals surface area contributed by atoms with Crippen molar-refractivity contribution >= 4 is 5.97 Å². The third-order valence-electron chi connectivity index (χ3n) is 2.38. The van der Waals surface area contributed by atoms with E-state index in [-0.39, 0.29) is 16.9 Å². The Labute approximate surface area is 95.1 Å². The number of carboxylic acids is 1. The number of hydrogen-bond donors (Lipinski definition) is 1. The zero-order valence-corrected chi connectivity index (χ0v) is 8.82. The van der Waals surface area contributed by atoms with Crippen LogP contribution in [0.15, 0.2) is 24.4 Å². The summed E-state index contributed by atoms with van der Waals surface area (Å²) in [5.41, 5.74) is 0.271. The van der Waals surface area contributed by atoms with Gasteiger partial charge in [-0.1, -0.05) is 0 Å². The number of carbonyl (C=O) groups is 1. The molecule has 6 heteroatoms. The summed E-state index contributed by atoms with van der Waals surface area (Å²) in [5.74, 6) is -2.64. The Balaban J connectivity index is 2.57. The van der Waals surface area contributed by atoms with E-state index >= 15 is 0 Å². The molecule has 0 amide bonds. The second kappa shape index (κ2) is 3.97. The minimum atomic E-state index is -1.14. The molecule has 0 aliphatic carbocycles. The molecule has 1 aromatic carbocycles. The fourth-order valence-corrected chi connectivity index (χ4v) is 1.52. The highest BCUT2D eigenvalue weighted by Gasteiger charge is 2.16. The number of halogens is 2. The van der Waals surface area contributed by atoms with E-state index in [0.717, 1.165) is 23.0 Å². The van der Waals surface area contributed by atoms with Crippen LogP contribution >= 0.6 is 0 Å². The molecule has 0 radical (unpaired) electrons. The Kier molecular flexibility index (Phi) is 2.63. The summed E-state index contributed by atoms with van der Waals surface area (Å²) in [6.07, 6.45) is 1.13. The van der Waals surface area contributed by atoms with Gasteiger partial charge in [0, 0.05) is 6.07 Å². The average Bonchev–Trinajstić information content (AvgIpc) is 2.60. The van der Waals surface area contributed by atoms with Crippen molar-refractivity contribution in [2.45, 2.75) is 6.92 Å².